The van der Waals surface area contributed by atoms with Gasteiger partial charge >= 0.3 is 35.9 Å². The van der Waals surface area contributed by atoms with E-state index in [9.17, 15) is 48.6 Å². The maximum absolute atomic E-state index is 15.8. The largest absolute Gasteiger partial charge is 0.455 e. The molecular weight excluding hydrogens is 1130 g/mol. The number of Topliss-reactive ketones (excluding diaryl/α,β-unsaturated/α-hetero) is 1. The highest BCUT2D eigenvalue weighted by Gasteiger charge is 2.78. The Bertz CT molecular complexity index is 3250. The molecule has 2 saturated carbocycles. The molecule has 462 valence electrons. The smallest absolute Gasteiger partial charge is 0.432 e. The minimum Gasteiger partial charge on any atom is -0.455 e. The fourth-order valence-electron chi connectivity index (χ4n) is 12.5. The predicted octanol–water partition coefficient (Wildman–Crippen LogP) is 6.02. The first-order valence-corrected chi connectivity index (χ1v) is 28.7. The van der Waals surface area contributed by atoms with Crippen molar-refractivity contribution in [2.75, 3.05) is 18.5 Å². The molecule has 11 atom stereocenters. The van der Waals surface area contributed by atoms with Crippen molar-refractivity contribution < 1.29 is 91.4 Å². The highest BCUT2D eigenvalue weighted by Crippen LogP contribution is 2.64. The zero-order chi connectivity index (χ0) is 62.8. The maximum Gasteiger partial charge on any atom is 0.432 e. The highest BCUT2D eigenvalue weighted by atomic mass is 16.7. The summed E-state index contributed by atoms with van der Waals surface area (Å²) in [6.45, 7) is 6.60. The van der Waals surface area contributed by atoms with Crippen LogP contribution in [0.25, 0.3) is 0 Å². The molecule has 0 radical (unpaired) electrons. The molecule has 0 aromatic heterocycles. The Hall–Kier alpha value is -8.80. The number of esters is 5. The van der Waals surface area contributed by atoms with Gasteiger partial charge in [-0.15, -0.1) is 0 Å². The van der Waals surface area contributed by atoms with Crippen molar-refractivity contribution in [1.82, 2.24) is 16.1 Å². The number of aliphatic hydroxyl groups is 2. The van der Waals surface area contributed by atoms with Crippen LogP contribution in [0.1, 0.15) is 125 Å². The zero-order valence-electron chi connectivity index (χ0n) is 49.1. The van der Waals surface area contributed by atoms with Gasteiger partial charge in [0.25, 0.3) is 11.8 Å². The molecule has 1 saturated heterocycles. The second-order valence-corrected chi connectivity index (χ2v) is 22.9. The summed E-state index contributed by atoms with van der Waals surface area (Å²) in [6, 6.07) is 30.8. The molecule has 4 amide bonds. The fraction of sp³-hybridized carbons (Fsp3) is 0.438. The van der Waals surface area contributed by atoms with Gasteiger partial charge in [0.15, 0.2) is 17.5 Å². The van der Waals surface area contributed by atoms with Gasteiger partial charge in [0.2, 0.25) is 12.0 Å². The lowest BCUT2D eigenvalue weighted by molar-refractivity contribution is -0.346. The molecule has 3 aliphatic carbocycles. The molecule has 2 bridgehead atoms. The van der Waals surface area contributed by atoms with Crippen LogP contribution < -0.4 is 21.4 Å². The molecule has 23 nitrogen and oxygen atoms in total. The summed E-state index contributed by atoms with van der Waals surface area (Å²) in [7, 11) is 0. The number of anilines is 1. The van der Waals surface area contributed by atoms with Crippen molar-refractivity contribution in [3.05, 3.63) is 149 Å². The number of ether oxygens (including phenoxy) is 6. The van der Waals surface area contributed by atoms with Crippen LogP contribution >= 0.6 is 0 Å². The number of unbranched alkanes of at least 4 members (excludes halogenated alkanes) is 3. The zero-order valence-corrected chi connectivity index (χ0v) is 49.1. The van der Waals surface area contributed by atoms with Gasteiger partial charge in [-0.2, -0.15) is 5.48 Å². The second kappa shape index (κ2) is 27.3. The summed E-state index contributed by atoms with van der Waals surface area (Å²) in [6.07, 6.45) is -10.3. The van der Waals surface area contributed by atoms with Crippen molar-refractivity contribution >= 4 is 65.1 Å². The number of hydrogen-bond donors (Lipinski definition) is 6. The van der Waals surface area contributed by atoms with E-state index in [-0.39, 0.29) is 53.0 Å². The third-order valence-corrected chi connectivity index (χ3v) is 17.0. The summed E-state index contributed by atoms with van der Waals surface area (Å²) in [5.41, 5.74) is -5.44. The number of para-hydroxylation sites is 1. The molecule has 4 aromatic carbocycles. The Morgan fingerprint density at radius 3 is 1.90 bits per heavy atom. The van der Waals surface area contributed by atoms with Crippen LogP contribution in [0.15, 0.2) is 132 Å². The number of carbonyl (C=O) groups is 10. The van der Waals surface area contributed by atoms with E-state index in [0.29, 0.717) is 31.4 Å². The third kappa shape index (κ3) is 13.9. The van der Waals surface area contributed by atoms with E-state index in [1.54, 1.807) is 66.7 Å². The minimum atomic E-state index is -2.55. The van der Waals surface area contributed by atoms with Crippen LogP contribution in [0, 0.1) is 16.7 Å². The molecule has 1 heterocycles. The number of aliphatic hydroxyl groups excluding tert-OH is 1. The Balaban J connectivity index is 1.09. The predicted molar refractivity (Wildman–Crippen MR) is 307 cm³/mol. The van der Waals surface area contributed by atoms with Crippen LogP contribution in [0.2, 0.25) is 0 Å². The molecule has 0 unspecified atom stereocenters. The first kappa shape index (κ1) is 64.2. The van der Waals surface area contributed by atoms with Crippen LogP contribution in [0.5, 0.6) is 0 Å². The normalized spacial score (nSPS) is 25.7. The number of rotatable bonds is 21. The average molecular weight is 1200 g/mol. The number of hydrogen-bond acceptors (Lipinski definition) is 19. The number of amides is 4. The van der Waals surface area contributed by atoms with Gasteiger partial charge in [-0.3, -0.25) is 33.6 Å². The average Bonchev–Trinajstić information content (AvgIpc) is 0.674. The van der Waals surface area contributed by atoms with E-state index < -0.39 is 144 Å². The van der Waals surface area contributed by atoms with Gasteiger partial charge in [-0.1, -0.05) is 112 Å². The van der Waals surface area contributed by atoms with E-state index in [0.717, 1.165) is 13.8 Å². The maximum atomic E-state index is 15.8. The number of nitrogens with one attached hydrogen (secondary N) is 4. The molecule has 0 spiro atoms. The summed E-state index contributed by atoms with van der Waals surface area (Å²) in [4.78, 5) is 143. The molecular formula is C64H72N4O19. The molecule has 4 aromatic rings. The van der Waals surface area contributed by atoms with Crippen LogP contribution in [0.3, 0.4) is 0 Å². The lowest BCUT2D eigenvalue weighted by Gasteiger charge is -2.67. The summed E-state index contributed by atoms with van der Waals surface area (Å²) in [5.74, 6) is -9.62. The van der Waals surface area contributed by atoms with E-state index in [1.165, 1.54) is 64.1 Å². The molecule has 6 N–H and O–H groups in total. The minimum absolute atomic E-state index is 0.000188. The van der Waals surface area contributed by atoms with Crippen molar-refractivity contribution in [3.63, 3.8) is 0 Å². The molecule has 4 aliphatic rings. The van der Waals surface area contributed by atoms with Gasteiger partial charge in [-0.25, -0.2) is 14.4 Å². The van der Waals surface area contributed by atoms with Crippen LogP contribution in [-0.4, -0.2) is 131 Å². The van der Waals surface area contributed by atoms with Crippen molar-refractivity contribution in [2.24, 2.45) is 16.7 Å². The standard InChI is InChI=1S/C64H72N4O19/c1-37-44(34-64(80)56(85-58(77)42-27-17-11-18-28-42)54-62(6,45(71)33-46-63(54,36-81-46)86-39(3)70)55(75)52(82-38(2)69)50(37)61(64,4)5)83-59(78)53(51(40-23-13-9-14-24-40)67-57(76)41-25-15-10-16-26-41)84-49(74)35-65-60(79)87-68-48(73)32-22-8-7-21-31-47(72)66-43-29-19-12-20-30-43/h9-20,23-30,44-46,51-54,56,71,80H,7-8,21-22,31-36H2,1-6H3,(H,65,79)(H,66,72)(H,67,76)(H,68,73)/t44-,45-,46+,51-,52+,53+,54-,56-,62+,63-,64+/m0/s1. The Labute approximate surface area is 502 Å². The second-order valence-electron chi connectivity index (χ2n) is 22.9. The van der Waals surface area contributed by atoms with Gasteiger partial charge in [0.05, 0.1) is 29.6 Å². The number of fused-ring (bicyclic) bond motifs is 5. The van der Waals surface area contributed by atoms with Gasteiger partial charge in [-0.05, 0) is 79.8 Å². The monoisotopic (exact) mass is 1200 g/mol. The van der Waals surface area contributed by atoms with Gasteiger partial charge in [0.1, 0.15) is 36.5 Å². The topological polar surface area (TPSA) is 324 Å². The summed E-state index contributed by atoms with van der Waals surface area (Å²) < 4.78 is 36.7. The highest BCUT2D eigenvalue weighted by molar-refractivity contribution is 5.97. The molecule has 8 rings (SSSR count). The fourth-order valence-corrected chi connectivity index (χ4v) is 12.5. The first-order chi connectivity index (χ1) is 41.4. The van der Waals surface area contributed by atoms with E-state index >= 15 is 9.59 Å². The van der Waals surface area contributed by atoms with E-state index in [1.807, 2.05) is 23.7 Å². The SMILES string of the molecule is CC(=O)O[C@H]1C(=O)[C@@]2(C)[C@H]([C@H](OC(=O)c3ccccc3)[C@]3(O)C[C@H](OC(=O)[C@H](OC(=O)CNC(=O)ONC(=O)CCCCCCC(=O)Nc4ccccc4)[C@@H](NC(=O)c4ccccc4)c4ccccc4)C(C)=C1C3(C)C)[C@]1(OC(C)=O)CO[C@@H]1C[C@@H]2O. The number of hydroxylamine groups is 1. The molecule has 3 fully saturated rings. The van der Waals surface area contributed by atoms with Crippen molar-refractivity contribution in [3.8, 4) is 0 Å². The molecule has 87 heavy (non-hydrogen) atoms. The third-order valence-electron chi connectivity index (χ3n) is 17.0. The van der Waals surface area contributed by atoms with E-state index in [4.69, 9.17) is 33.3 Å². The van der Waals surface area contributed by atoms with Crippen LogP contribution in [0.4, 0.5) is 10.5 Å². The number of ketones is 1. The lowest BCUT2D eigenvalue weighted by atomic mass is 9.44. The van der Waals surface area contributed by atoms with Gasteiger partial charge < -0.3 is 59.4 Å². The summed E-state index contributed by atoms with van der Waals surface area (Å²) in [5, 5.41) is 34.0. The van der Waals surface area contributed by atoms with Crippen molar-refractivity contribution in [2.45, 2.75) is 147 Å². The van der Waals surface area contributed by atoms with Gasteiger partial charge in [0, 0.05) is 56.2 Å². The quantitative estimate of drug-likeness (QED) is 0.0182. The lowest BCUT2D eigenvalue weighted by Crippen LogP contribution is -2.82. The van der Waals surface area contributed by atoms with E-state index in [2.05, 4.69) is 16.0 Å². The van der Waals surface area contributed by atoms with Crippen LogP contribution in [-0.2, 0) is 66.8 Å². The van der Waals surface area contributed by atoms with Crippen molar-refractivity contribution in [1.29, 1.82) is 0 Å². The molecule has 1 aliphatic heterocycles. The Morgan fingerprint density at radius 2 is 1.31 bits per heavy atom. The summed E-state index contributed by atoms with van der Waals surface area (Å²) >= 11 is 0. The number of carbonyl (C=O) groups excluding carboxylic acids is 10. The molecule has 23 heteroatoms. The Kier molecular flexibility index (Phi) is 20.1. The number of benzene rings is 4. The first-order valence-electron chi connectivity index (χ1n) is 28.7. The Morgan fingerprint density at radius 1 is 0.724 bits per heavy atom.